The third kappa shape index (κ3) is 8.25. The topological polar surface area (TPSA) is 130 Å². The van der Waals surface area contributed by atoms with Gasteiger partial charge in [-0.1, -0.05) is 36.7 Å². The van der Waals surface area contributed by atoms with Crippen LogP contribution in [0.2, 0.25) is 5.02 Å². The van der Waals surface area contributed by atoms with E-state index in [9.17, 15) is 23.4 Å². The minimum absolute atomic E-state index is 0.0417. The van der Waals surface area contributed by atoms with Gasteiger partial charge in [0.05, 0.1) is 22.6 Å². The number of benzene rings is 2. The van der Waals surface area contributed by atoms with E-state index in [0.717, 1.165) is 55.5 Å². The average Bonchev–Trinajstić information content (AvgIpc) is 2.92. The lowest BCUT2D eigenvalue weighted by Gasteiger charge is -2.42. The van der Waals surface area contributed by atoms with E-state index in [1.54, 1.807) is 31.2 Å². The standard InChI is InChI=1S/C31H41ClN2O6S/c1-20(15-21(2)41(33,38)39)6-12-29(35)27-11-8-24(27)18-34-14-4-3-5-22-16-26(32)10-7-25(22)19-40-30-13-9-23(31(36)37)17-28(30)34/h6-7,9-10,12-13,16-17,20-21,24,27,29,35H,3-5,8,11,14-15,18-19H2,1-2H3,(H,36,37)(H2,33,38,39)/b12-6+/t20-,21+,24-,27?,29?/m0/s1. The van der Waals surface area contributed by atoms with Gasteiger partial charge in [0.25, 0.3) is 0 Å². The molecule has 0 bridgehead atoms. The van der Waals surface area contributed by atoms with E-state index in [1.807, 2.05) is 31.2 Å². The Morgan fingerprint density at radius 1 is 1.15 bits per heavy atom. The molecule has 2 unspecified atom stereocenters. The second kappa shape index (κ2) is 13.6. The number of aromatic carboxylic acids is 1. The fraction of sp³-hybridized carbons (Fsp3) is 0.516. The quantitative estimate of drug-likeness (QED) is 0.326. The zero-order chi connectivity index (χ0) is 29.7. The van der Waals surface area contributed by atoms with Crippen molar-refractivity contribution in [3.63, 3.8) is 0 Å². The van der Waals surface area contributed by atoms with Gasteiger partial charge in [0.1, 0.15) is 12.4 Å². The molecule has 4 N–H and O–H groups in total. The predicted octanol–water partition coefficient (Wildman–Crippen LogP) is 5.41. The highest BCUT2D eigenvalue weighted by Gasteiger charge is 2.37. The first-order valence-corrected chi connectivity index (χ1v) is 16.3. The Labute approximate surface area is 248 Å². The van der Waals surface area contributed by atoms with Gasteiger partial charge in [-0.15, -0.1) is 0 Å². The number of nitrogens with two attached hydrogens (primary N) is 1. The number of anilines is 1. The third-order valence-corrected chi connectivity index (χ3v) is 10.0. The van der Waals surface area contributed by atoms with E-state index in [-0.39, 0.29) is 23.3 Å². The predicted molar refractivity (Wildman–Crippen MR) is 162 cm³/mol. The van der Waals surface area contributed by atoms with Crippen LogP contribution in [-0.2, 0) is 23.1 Å². The van der Waals surface area contributed by atoms with Crippen LogP contribution in [0.3, 0.4) is 0 Å². The fourth-order valence-corrected chi connectivity index (χ4v) is 6.57. The first-order chi connectivity index (χ1) is 19.4. The molecule has 0 saturated heterocycles. The SMILES string of the molecule is C[C@H](C[C@@H](C)/C=C/C(O)C1CC[C@H]1CN1CCCCc2cc(Cl)ccc2COc2ccc(C(=O)O)cc21)S(N)(=O)=O. The van der Waals surface area contributed by atoms with Crippen LogP contribution in [0, 0.1) is 17.8 Å². The van der Waals surface area contributed by atoms with Gasteiger partial charge in [-0.05, 0) is 105 Å². The Morgan fingerprint density at radius 3 is 2.61 bits per heavy atom. The minimum atomic E-state index is -3.59. The highest BCUT2D eigenvalue weighted by atomic mass is 35.5. The number of allylic oxidation sites excluding steroid dienone is 1. The van der Waals surface area contributed by atoms with E-state index < -0.39 is 27.3 Å². The molecule has 224 valence electrons. The molecule has 1 aliphatic heterocycles. The van der Waals surface area contributed by atoms with Gasteiger partial charge < -0.3 is 19.8 Å². The number of aliphatic hydroxyl groups is 1. The van der Waals surface area contributed by atoms with E-state index in [2.05, 4.69) is 4.90 Å². The summed E-state index contributed by atoms with van der Waals surface area (Å²) < 4.78 is 29.4. The van der Waals surface area contributed by atoms with Gasteiger partial charge in [0.2, 0.25) is 10.0 Å². The lowest BCUT2D eigenvalue weighted by Crippen LogP contribution is -2.43. The van der Waals surface area contributed by atoms with Gasteiger partial charge in [0, 0.05) is 18.1 Å². The maximum absolute atomic E-state index is 11.8. The van der Waals surface area contributed by atoms with Crippen LogP contribution in [0.25, 0.3) is 0 Å². The summed E-state index contributed by atoms with van der Waals surface area (Å²) in [6.45, 7) is 5.27. The van der Waals surface area contributed by atoms with E-state index in [1.165, 1.54) is 0 Å². The molecule has 8 nitrogen and oxygen atoms in total. The van der Waals surface area contributed by atoms with E-state index in [0.29, 0.717) is 30.3 Å². The Hall–Kier alpha value is -2.59. The van der Waals surface area contributed by atoms with Crippen molar-refractivity contribution in [2.75, 3.05) is 18.0 Å². The number of fused-ring (bicyclic) bond motifs is 2. The first kappa shape index (κ1) is 31.3. The summed E-state index contributed by atoms with van der Waals surface area (Å²) >= 11 is 6.27. The third-order valence-electron chi connectivity index (χ3n) is 8.49. The van der Waals surface area contributed by atoms with Crippen molar-refractivity contribution in [3.05, 3.63) is 70.3 Å². The summed E-state index contributed by atoms with van der Waals surface area (Å²) in [5.41, 5.74) is 3.19. The number of ether oxygens (including phenoxy) is 1. The molecule has 41 heavy (non-hydrogen) atoms. The van der Waals surface area contributed by atoms with Gasteiger partial charge in [0.15, 0.2) is 0 Å². The molecule has 1 aliphatic carbocycles. The van der Waals surface area contributed by atoms with Crippen molar-refractivity contribution in [1.82, 2.24) is 0 Å². The summed E-state index contributed by atoms with van der Waals surface area (Å²) in [5.74, 6) is -0.122. The number of primary sulfonamides is 1. The molecule has 1 saturated carbocycles. The molecular formula is C31H41ClN2O6S. The summed E-state index contributed by atoms with van der Waals surface area (Å²) in [6.07, 6.45) is 7.99. The Kier molecular flexibility index (Phi) is 10.4. The highest BCUT2D eigenvalue weighted by Crippen LogP contribution is 2.41. The fourth-order valence-electron chi connectivity index (χ4n) is 5.81. The summed E-state index contributed by atoms with van der Waals surface area (Å²) in [5, 5.41) is 26.0. The number of aryl methyl sites for hydroxylation is 1. The van der Waals surface area contributed by atoms with Crippen molar-refractivity contribution in [1.29, 1.82) is 0 Å². The van der Waals surface area contributed by atoms with Crippen LogP contribution in [0.5, 0.6) is 5.75 Å². The molecule has 2 aromatic rings. The number of carbonyl (C=O) groups is 1. The van der Waals surface area contributed by atoms with Crippen molar-refractivity contribution >= 4 is 33.3 Å². The highest BCUT2D eigenvalue weighted by molar-refractivity contribution is 7.89. The van der Waals surface area contributed by atoms with Crippen LogP contribution < -0.4 is 14.8 Å². The van der Waals surface area contributed by atoms with E-state index >= 15 is 0 Å². The Morgan fingerprint density at radius 2 is 1.93 bits per heavy atom. The van der Waals surface area contributed by atoms with Crippen molar-refractivity contribution < 1.29 is 28.2 Å². The van der Waals surface area contributed by atoms with Crippen molar-refractivity contribution in [3.8, 4) is 5.75 Å². The van der Waals surface area contributed by atoms with Gasteiger partial charge in [-0.25, -0.2) is 18.4 Å². The van der Waals surface area contributed by atoms with Crippen LogP contribution in [0.4, 0.5) is 5.69 Å². The number of carboxylic acids is 1. The lowest BCUT2D eigenvalue weighted by molar-refractivity contribution is 0.0459. The molecule has 1 heterocycles. The van der Waals surface area contributed by atoms with Crippen molar-refractivity contribution in [2.24, 2.45) is 22.9 Å². The van der Waals surface area contributed by atoms with E-state index in [4.69, 9.17) is 21.5 Å². The lowest BCUT2D eigenvalue weighted by atomic mass is 9.70. The number of halogens is 1. The molecule has 0 spiro atoms. The number of nitrogens with zero attached hydrogens (tertiary/aromatic N) is 1. The zero-order valence-electron chi connectivity index (χ0n) is 23.7. The number of rotatable bonds is 9. The molecular weight excluding hydrogens is 564 g/mol. The molecule has 2 aromatic carbocycles. The van der Waals surface area contributed by atoms with Crippen LogP contribution in [0.15, 0.2) is 48.6 Å². The molecule has 10 heteroatoms. The smallest absolute Gasteiger partial charge is 0.335 e. The number of hydrogen-bond acceptors (Lipinski definition) is 6. The van der Waals surface area contributed by atoms with Crippen LogP contribution >= 0.6 is 11.6 Å². The molecule has 0 radical (unpaired) electrons. The summed E-state index contributed by atoms with van der Waals surface area (Å²) in [7, 11) is -3.59. The molecule has 0 aromatic heterocycles. The normalized spacial score (nSPS) is 21.9. The number of carboxylic acid groups (broad SMARTS) is 1. The zero-order valence-corrected chi connectivity index (χ0v) is 25.3. The minimum Gasteiger partial charge on any atom is -0.487 e. The number of aliphatic hydroxyl groups excluding tert-OH is 1. The summed E-state index contributed by atoms with van der Waals surface area (Å²) in [6, 6.07) is 10.8. The Bertz CT molecular complexity index is 1360. The largest absolute Gasteiger partial charge is 0.487 e. The second-order valence-corrected chi connectivity index (χ2v) is 14.0. The van der Waals surface area contributed by atoms with Gasteiger partial charge >= 0.3 is 5.97 Å². The van der Waals surface area contributed by atoms with Gasteiger partial charge in [-0.3, -0.25) is 0 Å². The molecule has 1 fully saturated rings. The van der Waals surface area contributed by atoms with Crippen molar-refractivity contribution in [2.45, 2.75) is 70.3 Å². The molecule has 2 aliphatic rings. The van der Waals surface area contributed by atoms with Gasteiger partial charge in [-0.2, -0.15) is 0 Å². The monoisotopic (exact) mass is 604 g/mol. The summed E-state index contributed by atoms with van der Waals surface area (Å²) in [4.78, 5) is 14.1. The second-order valence-electron chi connectivity index (χ2n) is 11.6. The molecule has 5 atom stereocenters. The maximum Gasteiger partial charge on any atom is 0.335 e. The number of sulfonamides is 1. The molecule has 4 rings (SSSR count). The maximum atomic E-state index is 11.8. The number of hydrogen-bond donors (Lipinski definition) is 3. The first-order valence-electron chi connectivity index (χ1n) is 14.3. The Balaban J connectivity index is 1.51. The van der Waals surface area contributed by atoms with Crippen LogP contribution in [0.1, 0.15) is 67.4 Å². The van der Waals surface area contributed by atoms with Crippen LogP contribution in [-0.4, -0.2) is 49.0 Å². The average molecular weight is 605 g/mol. The molecule has 0 amide bonds.